The van der Waals surface area contributed by atoms with Crippen molar-refractivity contribution in [3.05, 3.63) is 95.3 Å². The van der Waals surface area contributed by atoms with E-state index >= 15 is 0 Å². The molecule has 204 valence electrons. The van der Waals surface area contributed by atoms with Gasteiger partial charge in [-0.3, -0.25) is 4.79 Å². The molecule has 0 saturated carbocycles. The highest BCUT2D eigenvalue weighted by atomic mass is 19.4. The predicted molar refractivity (Wildman–Crippen MR) is 141 cm³/mol. The van der Waals surface area contributed by atoms with Crippen molar-refractivity contribution in [2.24, 2.45) is 0 Å². The number of benzene rings is 3. The van der Waals surface area contributed by atoms with Crippen LogP contribution in [0.4, 0.5) is 13.2 Å². The van der Waals surface area contributed by atoms with Crippen molar-refractivity contribution in [3.8, 4) is 33.8 Å². The molecule has 1 aliphatic carbocycles. The molecule has 0 N–H and O–H groups in total. The Morgan fingerprint density at radius 1 is 0.975 bits per heavy atom. The first-order valence-corrected chi connectivity index (χ1v) is 12.9. The average Bonchev–Trinajstić information content (AvgIpc) is 3.56. The molecule has 0 spiro atoms. The Morgan fingerprint density at radius 2 is 1.75 bits per heavy atom. The minimum atomic E-state index is -4.50. The lowest BCUT2D eigenvalue weighted by atomic mass is 9.90. The quantitative estimate of drug-likeness (QED) is 0.244. The van der Waals surface area contributed by atoms with Gasteiger partial charge in [-0.05, 0) is 58.9 Å². The van der Waals surface area contributed by atoms with Gasteiger partial charge in [-0.1, -0.05) is 36.4 Å². The summed E-state index contributed by atoms with van der Waals surface area (Å²) >= 11 is 0. The maximum Gasteiger partial charge on any atom is 0.417 e. The molecule has 2 heterocycles. The third-order valence-electron chi connectivity index (χ3n) is 7.53. The fraction of sp³-hybridized carbons (Fsp3) is 0.258. The average molecular weight is 547 g/mol. The van der Waals surface area contributed by atoms with Crippen LogP contribution in [0, 0.1) is 0 Å². The molecule has 0 saturated heterocycles. The van der Waals surface area contributed by atoms with E-state index in [0.29, 0.717) is 42.1 Å². The summed E-state index contributed by atoms with van der Waals surface area (Å²) in [6.45, 7) is 0.375. The van der Waals surface area contributed by atoms with Crippen molar-refractivity contribution < 1.29 is 32.2 Å². The first kappa shape index (κ1) is 25.9. The highest BCUT2D eigenvalue weighted by Crippen LogP contribution is 2.47. The van der Waals surface area contributed by atoms with Gasteiger partial charge in [0.15, 0.2) is 0 Å². The normalized spacial score (nSPS) is 17.6. The standard InChI is InChI=1S/C31H25F3N2O4/c1-38-29(37)14-21-17-39-28-15-22(6-7-23(21)28)40-27-11-9-25-24(27)8-10-26(31(32,33)34)30(25)19-4-2-18(3-5-19)20-12-13-35-36-16-20/h2-8,10,12-13,15-16,21,27H,9,11,14,17H2,1H3/t21-,27-/m1/s1. The molecule has 0 unspecified atom stereocenters. The summed E-state index contributed by atoms with van der Waals surface area (Å²) in [6, 6.07) is 17.0. The van der Waals surface area contributed by atoms with Gasteiger partial charge in [0.2, 0.25) is 0 Å². The van der Waals surface area contributed by atoms with Crippen LogP contribution < -0.4 is 9.47 Å². The highest BCUT2D eigenvalue weighted by molar-refractivity contribution is 5.77. The van der Waals surface area contributed by atoms with E-state index in [1.165, 1.54) is 13.2 Å². The molecule has 0 fully saturated rings. The van der Waals surface area contributed by atoms with E-state index in [4.69, 9.17) is 14.2 Å². The third-order valence-corrected chi connectivity index (χ3v) is 7.53. The number of alkyl halides is 3. The summed E-state index contributed by atoms with van der Waals surface area (Å²) in [5.74, 6) is 0.810. The summed E-state index contributed by atoms with van der Waals surface area (Å²) < 4.78 is 59.3. The molecule has 0 amide bonds. The van der Waals surface area contributed by atoms with Gasteiger partial charge in [0.25, 0.3) is 0 Å². The Labute approximate surface area is 228 Å². The molecule has 2 atom stereocenters. The molecule has 0 bridgehead atoms. The lowest BCUT2D eigenvalue weighted by molar-refractivity contribution is -0.141. The predicted octanol–water partition coefficient (Wildman–Crippen LogP) is 6.93. The van der Waals surface area contributed by atoms with Crippen molar-refractivity contribution in [1.82, 2.24) is 10.2 Å². The second-order valence-corrected chi connectivity index (χ2v) is 9.90. The zero-order valence-corrected chi connectivity index (χ0v) is 21.6. The summed E-state index contributed by atoms with van der Waals surface area (Å²) in [5.41, 5.74) is 4.01. The molecule has 0 radical (unpaired) electrons. The van der Waals surface area contributed by atoms with Crippen LogP contribution in [0.1, 0.15) is 47.1 Å². The SMILES string of the molecule is COC(=O)C[C@@H]1COc2cc(O[C@@H]3CCc4c3ccc(C(F)(F)F)c4-c3ccc(-c4ccnnc4)cc3)ccc21. The van der Waals surface area contributed by atoms with Gasteiger partial charge in [-0.25, -0.2) is 0 Å². The number of aromatic nitrogens is 2. The van der Waals surface area contributed by atoms with Gasteiger partial charge < -0.3 is 14.2 Å². The lowest BCUT2D eigenvalue weighted by Crippen LogP contribution is -2.10. The summed E-state index contributed by atoms with van der Waals surface area (Å²) in [4.78, 5) is 11.7. The van der Waals surface area contributed by atoms with Crippen molar-refractivity contribution in [2.45, 2.75) is 37.5 Å². The van der Waals surface area contributed by atoms with E-state index in [0.717, 1.165) is 28.3 Å². The topological polar surface area (TPSA) is 70.5 Å². The maximum atomic E-state index is 14.2. The van der Waals surface area contributed by atoms with Crippen LogP contribution >= 0.6 is 0 Å². The maximum absolute atomic E-state index is 14.2. The molecule has 1 aromatic heterocycles. The van der Waals surface area contributed by atoms with Crippen molar-refractivity contribution in [2.75, 3.05) is 13.7 Å². The largest absolute Gasteiger partial charge is 0.492 e. The van der Waals surface area contributed by atoms with E-state index in [1.807, 2.05) is 12.1 Å². The smallest absolute Gasteiger partial charge is 0.417 e. The number of methoxy groups -OCH3 is 1. The summed E-state index contributed by atoms with van der Waals surface area (Å²) in [5, 5.41) is 7.65. The fourth-order valence-electron chi connectivity index (χ4n) is 5.59. The van der Waals surface area contributed by atoms with Crippen LogP contribution in [-0.4, -0.2) is 29.9 Å². The Morgan fingerprint density at radius 3 is 2.48 bits per heavy atom. The fourth-order valence-corrected chi connectivity index (χ4v) is 5.59. The molecule has 6 rings (SSSR count). The van der Waals surface area contributed by atoms with Crippen LogP contribution in [-0.2, 0) is 22.1 Å². The van der Waals surface area contributed by atoms with Gasteiger partial charge in [0.1, 0.15) is 17.6 Å². The molecule has 6 nitrogen and oxygen atoms in total. The lowest BCUT2D eigenvalue weighted by Gasteiger charge is -2.20. The zero-order chi connectivity index (χ0) is 27.9. The van der Waals surface area contributed by atoms with Gasteiger partial charge in [0.05, 0.1) is 38.1 Å². The number of carbonyl (C=O) groups excluding carboxylic acids is 1. The van der Waals surface area contributed by atoms with Crippen molar-refractivity contribution in [1.29, 1.82) is 0 Å². The van der Waals surface area contributed by atoms with Crippen LogP contribution in [0.25, 0.3) is 22.3 Å². The number of rotatable bonds is 6. The Balaban J connectivity index is 1.30. The molecule has 9 heteroatoms. The summed E-state index contributed by atoms with van der Waals surface area (Å²) in [7, 11) is 1.36. The van der Waals surface area contributed by atoms with Crippen LogP contribution in [0.3, 0.4) is 0 Å². The van der Waals surface area contributed by atoms with E-state index < -0.39 is 17.8 Å². The number of hydrogen-bond acceptors (Lipinski definition) is 6. The zero-order valence-electron chi connectivity index (χ0n) is 21.6. The number of halogens is 3. The molecule has 1 aliphatic heterocycles. The van der Waals surface area contributed by atoms with E-state index in [1.54, 1.807) is 48.8 Å². The summed E-state index contributed by atoms with van der Waals surface area (Å²) in [6.07, 6.45) is -0.487. The second kappa shape index (κ2) is 10.3. The monoisotopic (exact) mass is 546 g/mol. The number of carbonyl (C=O) groups is 1. The van der Waals surface area contributed by atoms with Gasteiger partial charge >= 0.3 is 12.1 Å². The third kappa shape index (κ3) is 4.87. The van der Waals surface area contributed by atoms with E-state index in [-0.39, 0.29) is 23.9 Å². The van der Waals surface area contributed by atoms with Crippen molar-refractivity contribution >= 4 is 5.97 Å². The second-order valence-electron chi connectivity index (χ2n) is 9.90. The molecule has 2 aliphatic rings. The van der Waals surface area contributed by atoms with Crippen LogP contribution in [0.5, 0.6) is 11.5 Å². The van der Waals surface area contributed by atoms with Crippen LogP contribution in [0.15, 0.2) is 73.1 Å². The van der Waals surface area contributed by atoms with E-state index in [2.05, 4.69) is 10.2 Å². The Bertz CT molecular complexity index is 1560. The van der Waals surface area contributed by atoms with Gasteiger partial charge in [-0.2, -0.15) is 23.4 Å². The van der Waals surface area contributed by atoms with E-state index in [9.17, 15) is 18.0 Å². The number of hydrogen-bond donors (Lipinski definition) is 0. The van der Waals surface area contributed by atoms with Gasteiger partial charge in [0, 0.05) is 23.1 Å². The highest BCUT2D eigenvalue weighted by Gasteiger charge is 2.38. The first-order valence-electron chi connectivity index (χ1n) is 12.9. The molecule has 4 aromatic rings. The molecular weight excluding hydrogens is 521 g/mol. The molecular formula is C31H25F3N2O4. The first-order chi connectivity index (χ1) is 19.3. The molecule has 3 aromatic carbocycles. The minimum Gasteiger partial charge on any atom is -0.492 e. The number of esters is 1. The number of fused-ring (bicyclic) bond motifs is 2. The van der Waals surface area contributed by atoms with Crippen LogP contribution in [0.2, 0.25) is 0 Å². The molecule has 40 heavy (non-hydrogen) atoms. The number of nitrogens with zero attached hydrogens (tertiary/aromatic N) is 2. The Hall–Kier alpha value is -4.40. The Kier molecular flexibility index (Phi) is 6.65. The van der Waals surface area contributed by atoms with Gasteiger partial charge in [-0.15, -0.1) is 0 Å². The van der Waals surface area contributed by atoms with Crippen molar-refractivity contribution in [3.63, 3.8) is 0 Å². The minimum absolute atomic E-state index is 0.0896. The number of ether oxygens (including phenoxy) is 3.